The van der Waals surface area contributed by atoms with Gasteiger partial charge in [0.25, 0.3) is 0 Å². The van der Waals surface area contributed by atoms with Gasteiger partial charge in [-0.2, -0.15) is 0 Å². The second-order valence-corrected chi connectivity index (χ2v) is 5.78. The summed E-state index contributed by atoms with van der Waals surface area (Å²) in [7, 11) is 0. The Bertz CT molecular complexity index is 640. The molecule has 0 aliphatic heterocycles. The van der Waals surface area contributed by atoms with Crippen LogP contribution in [0.1, 0.15) is 37.4 Å². The van der Waals surface area contributed by atoms with E-state index >= 15 is 0 Å². The smallest absolute Gasteiger partial charge is 0.171 e. The van der Waals surface area contributed by atoms with Crippen molar-refractivity contribution in [3.63, 3.8) is 0 Å². The normalized spacial score (nSPS) is 11.6. The summed E-state index contributed by atoms with van der Waals surface area (Å²) in [6.45, 7) is 6.93. The SMILES string of the molecule is CCOc1ccc(NC(=S)N[C@@H](CC)c2ccccc2C)cc1. The molecule has 23 heavy (non-hydrogen) atoms. The average molecular weight is 328 g/mol. The first kappa shape index (κ1) is 17.3. The molecule has 122 valence electrons. The van der Waals surface area contributed by atoms with Crippen molar-refractivity contribution in [3.8, 4) is 5.75 Å². The Kier molecular flexibility index (Phi) is 6.41. The number of hydrogen-bond donors (Lipinski definition) is 2. The zero-order chi connectivity index (χ0) is 16.7. The third-order valence-electron chi connectivity index (χ3n) is 3.70. The summed E-state index contributed by atoms with van der Waals surface area (Å²) in [4.78, 5) is 0. The van der Waals surface area contributed by atoms with Crippen LogP contribution in [0.3, 0.4) is 0 Å². The van der Waals surface area contributed by atoms with E-state index in [1.165, 1.54) is 11.1 Å². The zero-order valence-corrected chi connectivity index (χ0v) is 14.7. The quantitative estimate of drug-likeness (QED) is 0.744. The molecule has 0 saturated heterocycles. The average Bonchev–Trinajstić information content (AvgIpc) is 2.55. The third-order valence-corrected chi connectivity index (χ3v) is 3.92. The van der Waals surface area contributed by atoms with Gasteiger partial charge in [-0.25, -0.2) is 0 Å². The third kappa shape index (κ3) is 4.96. The van der Waals surface area contributed by atoms with Crippen LogP contribution >= 0.6 is 12.2 Å². The molecule has 1 atom stereocenters. The highest BCUT2D eigenvalue weighted by molar-refractivity contribution is 7.80. The highest BCUT2D eigenvalue weighted by Gasteiger charge is 2.12. The fourth-order valence-electron chi connectivity index (χ4n) is 2.50. The number of aryl methyl sites for hydroxylation is 1. The molecule has 4 heteroatoms. The molecule has 2 N–H and O–H groups in total. The van der Waals surface area contributed by atoms with Gasteiger partial charge in [-0.15, -0.1) is 0 Å². The highest BCUT2D eigenvalue weighted by atomic mass is 32.1. The van der Waals surface area contributed by atoms with Crippen LogP contribution in [0, 0.1) is 6.92 Å². The van der Waals surface area contributed by atoms with E-state index in [-0.39, 0.29) is 6.04 Å². The Balaban J connectivity index is 1.99. The van der Waals surface area contributed by atoms with Gasteiger partial charge in [0, 0.05) is 5.69 Å². The fourth-order valence-corrected chi connectivity index (χ4v) is 2.76. The van der Waals surface area contributed by atoms with Crippen LogP contribution in [-0.2, 0) is 0 Å². The number of rotatable bonds is 6. The van der Waals surface area contributed by atoms with Gasteiger partial charge in [-0.05, 0) is 67.9 Å². The molecule has 0 fully saturated rings. The molecule has 0 amide bonds. The van der Waals surface area contributed by atoms with Gasteiger partial charge < -0.3 is 15.4 Å². The Labute approximate surface area is 144 Å². The van der Waals surface area contributed by atoms with E-state index in [2.05, 4.69) is 48.7 Å². The van der Waals surface area contributed by atoms with Gasteiger partial charge >= 0.3 is 0 Å². The van der Waals surface area contributed by atoms with Gasteiger partial charge in [0.15, 0.2) is 5.11 Å². The van der Waals surface area contributed by atoms with Crippen LogP contribution in [0.2, 0.25) is 0 Å². The maximum absolute atomic E-state index is 5.45. The number of thiocarbonyl (C=S) groups is 1. The maximum Gasteiger partial charge on any atom is 0.171 e. The van der Waals surface area contributed by atoms with Crippen LogP contribution in [0.15, 0.2) is 48.5 Å². The topological polar surface area (TPSA) is 33.3 Å². The number of hydrogen-bond acceptors (Lipinski definition) is 2. The first-order valence-electron chi connectivity index (χ1n) is 8.00. The fraction of sp³-hybridized carbons (Fsp3) is 0.316. The predicted octanol–water partition coefficient (Wildman–Crippen LogP) is 4.83. The van der Waals surface area contributed by atoms with Gasteiger partial charge in [0.2, 0.25) is 0 Å². The van der Waals surface area contributed by atoms with E-state index in [1.54, 1.807) is 0 Å². The van der Waals surface area contributed by atoms with Crippen LogP contribution < -0.4 is 15.4 Å². The molecule has 0 heterocycles. The van der Waals surface area contributed by atoms with E-state index in [9.17, 15) is 0 Å². The summed E-state index contributed by atoms with van der Waals surface area (Å²) in [6.07, 6.45) is 0.968. The lowest BCUT2D eigenvalue weighted by atomic mass is 10.00. The minimum absolute atomic E-state index is 0.207. The molecule has 0 aliphatic carbocycles. The molecule has 0 aromatic heterocycles. The van der Waals surface area contributed by atoms with Gasteiger partial charge in [-0.3, -0.25) is 0 Å². The lowest BCUT2D eigenvalue weighted by Gasteiger charge is -2.21. The molecule has 0 saturated carbocycles. The van der Waals surface area contributed by atoms with E-state index in [0.717, 1.165) is 17.9 Å². The molecular formula is C19H24N2OS. The van der Waals surface area contributed by atoms with Crippen LogP contribution in [0.25, 0.3) is 0 Å². The molecule has 0 spiro atoms. The van der Waals surface area contributed by atoms with Crippen molar-refractivity contribution >= 4 is 23.0 Å². The maximum atomic E-state index is 5.45. The molecule has 0 bridgehead atoms. The molecule has 0 unspecified atom stereocenters. The van der Waals surface area contributed by atoms with Crippen LogP contribution in [0.5, 0.6) is 5.75 Å². The van der Waals surface area contributed by atoms with Crippen molar-refractivity contribution < 1.29 is 4.74 Å². The minimum Gasteiger partial charge on any atom is -0.494 e. The monoisotopic (exact) mass is 328 g/mol. The molecule has 0 aliphatic rings. The van der Waals surface area contributed by atoms with Crippen molar-refractivity contribution in [2.75, 3.05) is 11.9 Å². The summed E-state index contributed by atoms with van der Waals surface area (Å²) >= 11 is 5.45. The molecule has 3 nitrogen and oxygen atoms in total. The molecular weight excluding hydrogens is 304 g/mol. The van der Waals surface area contributed by atoms with Gasteiger partial charge in [0.05, 0.1) is 12.6 Å². The second-order valence-electron chi connectivity index (χ2n) is 5.37. The van der Waals surface area contributed by atoms with E-state index < -0.39 is 0 Å². The second kappa shape index (κ2) is 8.53. The summed E-state index contributed by atoms with van der Waals surface area (Å²) < 4.78 is 5.44. The van der Waals surface area contributed by atoms with Crippen molar-refractivity contribution in [1.82, 2.24) is 5.32 Å². The van der Waals surface area contributed by atoms with Gasteiger partial charge in [0.1, 0.15) is 5.75 Å². The molecule has 2 aromatic carbocycles. The Morgan fingerprint density at radius 1 is 1.09 bits per heavy atom. The van der Waals surface area contributed by atoms with E-state index in [0.29, 0.717) is 11.7 Å². The Morgan fingerprint density at radius 3 is 2.39 bits per heavy atom. The van der Waals surface area contributed by atoms with Crippen molar-refractivity contribution in [1.29, 1.82) is 0 Å². The minimum atomic E-state index is 0.207. The molecule has 0 radical (unpaired) electrons. The highest BCUT2D eigenvalue weighted by Crippen LogP contribution is 2.21. The largest absolute Gasteiger partial charge is 0.494 e. The summed E-state index contributed by atoms with van der Waals surface area (Å²) in [5.74, 6) is 0.864. The van der Waals surface area contributed by atoms with Crippen molar-refractivity contribution in [2.45, 2.75) is 33.2 Å². The summed E-state index contributed by atoms with van der Waals surface area (Å²) in [5.41, 5.74) is 3.51. The Morgan fingerprint density at radius 2 is 1.78 bits per heavy atom. The Hall–Kier alpha value is -2.07. The number of anilines is 1. The number of benzene rings is 2. The molecule has 2 rings (SSSR count). The zero-order valence-electron chi connectivity index (χ0n) is 13.9. The predicted molar refractivity (Wildman–Crippen MR) is 101 cm³/mol. The van der Waals surface area contributed by atoms with E-state index in [4.69, 9.17) is 17.0 Å². The van der Waals surface area contributed by atoms with Gasteiger partial charge in [-0.1, -0.05) is 31.2 Å². The summed E-state index contributed by atoms with van der Waals surface area (Å²) in [5, 5.41) is 7.26. The van der Waals surface area contributed by atoms with Crippen molar-refractivity contribution in [2.24, 2.45) is 0 Å². The number of ether oxygens (including phenoxy) is 1. The number of nitrogens with one attached hydrogen (secondary N) is 2. The molecule has 2 aromatic rings. The first-order chi connectivity index (χ1) is 11.1. The van der Waals surface area contributed by atoms with Crippen LogP contribution in [0.4, 0.5) is 5.69 Å². The lowest BCUT2D eigenvalue weighted by molar-refractivity contribution is 0.340. The van der Waals surface area contributed by atoms with E-state index in [1.807, 2.05) is 31.2 Å². The summed E-state index contributed by atoms with van der Waals surface area (Å²) in [6, 6.07) is 16.4. The van der Waals surface area contributed by atoms with Crippen LogP contribution in [-0.4, -0.2) is 11.7 Å². The lowest BCUT2D eigenvalue weighted by Crippen LogP contribution is -2.32. The standard InChI is InChI=1S/C19H24N2OS/c1-4-18(17-9-7-6-8-14(17)3)21-19(23)20-15-10-12-16(13-11-15)22-5-2/h6-13,18H,4-5H2,1-3H3,(H2,20,21,23)/t18-/m0/s1. The first-order valence-corrected chi connectivity index (χ1v) is 8.40. The van der Waals surface area contributed by atoms with Crippen molar-refractivity contribution in [3.05, 3.63) is 59.7 Å².